The zero-order valence-corrected chi connectivity index (χ0v) is 63.3. The molecule has 7 rings (SSSR count). The highest BCUT2D eigenvalue weighted by Crippen LogP contribution is 2.31. The third-order valence-electron chi connectivity index (χ3n) is 19.4. The highest BCUT2D eigenvalue weighted by atomic mass is 16.2. The molecule has 5 amide bonds. The van der Waals surface area contributed by atoms with Gasteiger partial charge in [-0.15, -0.1) is 0 Å². The molecule has 2 N–H and O–H groups in total. The molecule has 2 saturated carbocycles. The molecule has 0 aromatic heterocycles. The van der Waals surface area contributed by atoms with E-state index < -0.39 is 0 Å². The van der Waals surface area contributed by atoms with Crippen molar-refractivity contribution in [2.45, 2.75) is 245 Å². The maximum atomic E-state index is 12.4. The quantitative estimate of drug-likeness (QED) is 0.160. The molecule has 19 nitrogen and oxygen atoms in total. The van der Waals surface area contributed by atoms with E-state index in [0.717, 1.165) is 208 Å². The number of piperazine rings is 4. The summed E-state index contributed by atoms with van der Waals surface area (Å²) in [5, 5.41) is 26.4. The van der Waals surface area contributed by atoms with Crippen LogP contribution in [0.1, 0.15) is 227 Å². The zero-order valence-electron chi connectivity index (χ0n) is 63.3. The van der Waals surface area contributed by atoms with Crippen LogP contribution in [0.2, 0.25) is 0 Å². The number of hydrogen-bond donors (Lipinski definition) is 1. The Morgan fingerprint density at radius 1 is 0.463 bits per heavy atom. The van der Waals surface area contributed by atoms with Crippen LogP contribution < -0.4 is 5.73 Å². The molecule has 0 unspecified atom stereocenters. The van der Waals surface area contributed by atoms with E-state index in [-0.39, 0.29) is 52.7 Å². The van der Waals surface area contributed by atoms with Crippen molar-refractivity contribution >= 4 is 29.5 Å². The smallest absolute Gasteiger partial charge is 0.236 e. The predicted molar refractivity (Wildman–Crippen MR) is 389 cm³/mol. The van der Waals surface area contributed by atoms with Crippen molar-refractivity contribution in [1.82, 2.24) is 49.0 Å². The average molecular weight is 1330 g/mol. The van der Waals surface area contributed by atoms with Gasteiger partial charge in [-0.25, -0.2) is 0 Å². The van der Waals surface area contributed by atoms with Crippen molar-refractivity contribution in [3.8, 4) is 18.2 Å². The lowest BCUT2D eigenvalue weighted by atomic mass is 9.86. The summed E-state index contributed by atoms with van der Waals surface area (Å²) in [6.45, 7) is 53.5. The van der Waals surface area contributed by atoms with Gasteiger partial charge in [-0.1, -0.05) is 111 Å². The Hall–Kier alpha value is -4.42. The topological polar surface area (TPSA) is 215 Å². The molecule has 7 aliphatic rings. The largest absolute Gasteiger partial charge is 0.348 e. The van der Waals surface area contributed by atoms with Gasteiger partial charge in [0.15, 0.2) is 0 Å². The van der Waals surface area contributed by atoms with E-state index in [1.165, 1.54) is 0 Å². The van der Waals surface area contributed by atoms with E-state index in [9.17, 15) is 24.0 Å². The van der Waals surface area contributed by atoms with Gasteiger partial charge in [0.05, 0.1) is 24.8 Å². The van der Waals surface area contributed by atoms with Crippen LogP contribution in [-0.4, -0.2) is 248 Å². The molecule has 546 valence electrons. The molecule has 7 fully saturated rings. The summed E-state index contributed by atoms with van der Waals surface area (Å²) in [5.41, 5.74) is 6.02. The minimum absolute atomic E-state index is 0. The van der Waals surface area contributed by atoms with Gasteiger partial charge in [-0.3, -0.25) is 48.5 Å². The Kier molecular flexibility index (Phi) is 38.2. The monoisotopic (exact) mass is 1330 g/mol. The first-order chi connectivity index (χ1) is 43.8. The number of unbranched alkanes of at least 4 members (excludes halogenated alkanes) is 1. The standard InChI is InChI=1S/C21H40N4O2.2C17H29N3O.C14H25N3O.C6H15N.CH4/c1-17-14-23(16-20(27)22(5)6)11-12-25(17)15-18-7-9-24(10-8-18)19(26)13-21(2,3)4;2*1-17(2,3)12-16(21)20-10-8-19(9-11-20)15-6-4-14(13-18)5-7-15;1-14(2,3)12-13(18)17-10-8-16(9-11-17)7-5-4-6-15;1-6(2,3)4-5-7;/h17-18H,7-16H2,1-6H3;2*14-15H,4-12H2,1-3H3;4-5,7-12H2,1-3H3;4-5,7H2,1-3H3;1H4/t17-;;;;;/m0...../s1. The lowest BCUT2D eigenvalue weighted by Crippen LogP contribution is -2.55. The van der Waals surface area contributed by atoms with Gasteiger partial charge >= 0.3 is 0 Å². The summed E-state index contributed by atoms with van der Waals surface area (Å²) >= 11 is 0. The molecule has 0 aromatic carbocycles. The van der Waals surface area contributed by atoms with E-state index in [4.69, 9.17) is 21.5 Å². The van der Waals surface area contributed by atoms with E-state index in [1.807, 2.05) is 28.8 Å². The molecule has 1 atom stereocenters. The van der Waals surface area contributed by atoms with Gasteiger partial charge in [0.2, 0.25) is 29.5 Å². The van der Waals surface area contributed by atoms with Crippen LogP contribution in [0.3, 0.4) is 0 Å². The Balaban J connectivity index is 0.000000419. The fraction of sp³-hybridized carbons (Fsp3) is 0.895. The molecular formula is C76H142N14O5. The van der Waals surface area contributed by atoms with E-state index in [2.05, 4.69) is 158 Å². The van der Waals surface area contributed by atoms with Crippen molar-refractivity contribution in [3.63, 3.8) is 0 Å². The van der Waals surface area contributed by atoms with E-state index in [0.29, 0.717) is 85.8 Å². The van der Waals surface area contributed by atoms with Crippen LogP contribution >= 0.6 is 0 Å². The van der Waals surface area contributed by atoms with Crippen molar-refractivity contribution < 1.29 is 24.0 Å². The summed E-state index contributed by atoms with van der Waals surface area (Å²) < 4.78 is 0. The number of rotatable bonds is 14. The number of nitrogens with two attached hydrogens (primary N) is 1. The normalized spacial score (nSPS) is 23.3. The molecule has 0 radical (unpaired) electrons. The highest BCUT2D eigenvalue weighted by Gasteiger charge is 2.35. The summed E-state index contributed by atoms with van der Waals surface area (Å²) in [5.74, 6) is 2.61. The maximum absolute atomic E-state index is 12.4. The second kappa shape index (κ2) is 41.9. The van der Waals surface area contributed by atoms with Gasteiger partial charge < -0.3 is 30.2 Å². The minimum atomic E-state index is 0. The number of carbonyl (C=O) groups excluding carboxylic acids is 5. The second-order valence-corrected chi connectivity index (χ2v) is 34.8. The van der Waals surface area contributed by atoms with E-state index >= 15 is 0 Å². The number of likely N-dealkylation sites (tertiary alicyclic amines) is 1. The van der Waals surface area contributed by atoms with Gasteiger partial charge in [0, 0.05) is 194 Å². The Bertz CT molecular complexity index is 2270. The maximum Gasteiger partial charge on any atom is 0.236 e. The minimum Gasteiger partial charge on any atom is -0.348 e. The first kappa shape index (κ1) is 86.7. The van der Waals surface area contributed by atoms with Crippen LogP contribution in [0.15, 0.2) is 0 Å². The van der Waals surface area contributed by atoms with Gasteiger partial charge in [-0.2, -0.15) is 15.8 Å². The number of piperidine rings is 1. The van der Waals surface area contributed by atoms with E-state index in [1.54, 1.807) is 4.90 Å². The molecule has 2 aliphatic carbocycles. The fourth-order valence-electron chi connectivity index (χ4n) is 13.6. The first-order valence-electron chi connectivity index (χ1n) is 36.7. The Morgan fingerprint density at radius 3 is 1.11 bits per heavy atom. The molecule has 5 saturated heterocycles. The first-order valence-corrected chi connectivity index (χ1v) is 36.7. The van der Waals surface area contributed by atoms with Crippen molar-refractivity contribution in [3.05, 3.63) is 0 Å². The predicted octanol–water partition coefficient (Wildman–Crippen LogP) is 10.9. The second-order valence-electron chi connectivity index (χ2n) is 34.8. The zero-order chi connectivity index (χ0) is 70.6. The third kappa shape index (κ3) is 36.3. The molecule has 95 heavy (non-hydrogen) atoms. The van der Waals surface area contributed by atoms with Crippen molar-refractivity contribution in [1.29, 1.82) is 15.8 Å². The number of amides is 5. The van der Waals surface area contributed by atoms with Crippen LogP contribution in [0.25, 0.3) is 0 Å². The van der Waals surface area contributed by atoms with Crippen LogP contribution in [-0.2, 0) is 24.0 Å². The van der Waals surface area contributed by atoms with Gasteiger partial charge in [0.1, 0.15) is 0 Å². The molecule has 19 heteroatoms. The summed E-state index contributed by atoms with van der Waals surface area (Å²) in [4.78, 5) is 82.9. The van der Waals surface area contributed by atoms with Crippen LogP contribution in [0, 0.1) is 78.8 Å². The number of likely N-dealkylation sites (N-methyl/N-ethyl adjacent to an activating group) is 1. The number of nitriles is 3. The molecular weight excluding hydrogens is 1190 g/mol. The van der Waals surface area contributed by atoms with Crippen LogP contribution in [0.4, 0.5) is 0 Å². The van der Waals surface area contributed by atoms with Gasteiger partial charge in [-0.05, 0) is 130 Å². The summed E-state index contributed by atoms with van der Waals surface area (Å²) in [6, 6.07) is 8.72. The Labute approximate surface area is 581 Å². The number of carbonyl (C=O) groups is 5. The average Bonchev–Trinajstić information content (AvgIpc) is 0.909. The summed E-state index contributed by atoms with van der Waals surface area (Å²) in [7, 11) is 3.64. The molecule has 0 spiro atoms. The molecule has 5 aliphatic heterocycles. The number of hydrogen-bond acceptors (Lipinski definition) is 14. The molecule has 0 aromatic rings. The third-order valence-corrected chi connectivity index (χ3v) is 19.4. The molecule has 5 heterocycles. The number of nitrogens with zero attached hydrogens (tertiary/aromatic N) is 13. The van der Waals surface area contributed by atoms with Crippen molar-refractivity contribution in [2.75, 3.05) is 152 Å². The van der Waals surface area contributed by atoms with Gasteiger partial charge in [0.25, 0.3) is 0 Å². The SMILES string of the molecule is C.CC(C)(C)CC(=O)N1CCN(C2CCC(C#N)CC2)CC1.CC(C)(C)CC(=O)N1CCN(C2CCC(C#N)CC2)CC1.CC(C)(C)CC(=O)N1CCN(CCCC#N)CC1.CC(C)(C)CCN.C[C@H]1CN(CC(=O)N(C)C)CCN1CC1CCN(C(=O)CC(C)(C)C)CC1. The summed E-state index contributed by atoms with van der Waals surface area (Å²) in [6.07, 6.45) is 16.2. The lowest BCUT2D eigenvalue weighted by Gasteiger charge is -2.42. The fourth-order valence-corrected chi connectivity index (χ4v) is 13.6. The molecule has 0 bridgehead atoms. The van der Waals surface area contributed by atoms with Crippen molar-refractivity contribution in [2.24, 2.45) is 50.6 Å². The Morgan fingerprint density at radius 2 is 0.811 bits per heavy atom. The van der Waals surface area contributed by atoms with Crippen LogP contribution in [0.5, 0.6) is 0 Å². The lowest BCUT2D eigenvalue weighted by molar-refractivity contribution is -0.136. The highest BCUT2D eigenvalue weighted by molar-refractivity contribution is 5.79.